The zero-order valence-electron chi connectivity index (χ0n) is 16.4. The summed E-state index contributed by atoms with van der Waals surface area (Å²) in [5, 5.41) is 0.361. The highest BCUT2D eigenvalue weighted by Crippen LogP contribution is 2.47. The molecule has 0 radical (unpaired) electrons. The van der Waals surface area contributed by atoms with E-state index in [9.17, 15) is 0 Å². The summed E-state index contributed by atoms with van der Waals surface area (Å²) >= 11 is 6.09. The van der Waals surface area contributed by atoms with Crippen molar-refractivity contribution < 1.29 is 14.2 Å². The molecule has 2 atom stereocenters. The molecule has 7 nitrogen and oxygen atoms in total. The fraction of sp³-hybridized carbons (Fsp3) is 0.333. The Morgan fingerprint density at radius 2 is 1.90 bits per heavy atom. The van der Waals surface area contributed by atoms with E-state index in [1.165, 1.54) is 0 Å². The lowest BCUT2D eigenvalue weighted by Gasteiger charge is -2.13. The van der Waals surface area contributed by atoms with Gasteiger partial charge in [0, 0.05) is 29.3 Å². The summed E-state index contributed by atoms with van der Waals surface area (Å²) in [5.74, 6) is 3.25. The first kappa shape index (κ1) is 19.4. The average molecular weight is 413 g/mol. The molecule has 29 heavy (non-hydrogen) atoms. The normalized spacial score (nSPS) is 17.7. The summed E-state index contributed by atoms with van der Waals surface area (Å²) in [6.45, 7) is 2.37. The molecule has 0 saturated heterocycles. The van der Waals surface area contributed by atoms with Crippen molar-refractivity contribution in [1.29, 1.82) is 0 Å². The summed E-state index contributed by atoms with van der Waals surface area (Å²) in [5.41, 5.74) is 2.52. The minimum atomic E-state index is 0.361. The van der Waals surface area contributed by atoms with Gasteiger partial charge < -0.3 is 14.2 Å². The summed E-state index contributed by atoms with van der Waals surface area (Å²) in [4.78, 5) is 17.4. The number of methoxy groups -OCH3 is 2. The third-order valence-corrected chi connectivity index (χ3v) is 5.16. The molecule has 3 aromatic rings. The van der Waals surface area contributed by atoms with Crippen LogP contribution in [0.2, 0.25) is 5.15 Å². The monoisotopic (exact) mass is 412 g/mol. The van der Waals surface area contributed by atoms with Gasteiger partial charge in [-0.1, -0.05) is 11.6 Å². The lowest BCUT2D eigenvalue weighted by atomic mass is 10.1. The first-order chi connectivity index (χ1) is 14.1. The van der Waals surface area contributed by atoms with E-state index in [0.29, 0.717) is 41.0 Å². The van der Waals surface area contributed by atoms with Crippen molar-refractivity contribution in [2.24, 2.45) is 5.92 Å². The molecular formula is C21H21ClN4O3. The molecule has 0 bridgehead atoms. The summed E-state index contributed by atoms with van der Waals surface area (Å²) < 4.78 is 16.7. The zero-order chi connectivity index (χ0) is 20.4. The van der Waals surface area contributed by atoms with Crippen LogP contribution >= 0.6 is 11.6 Å². The molecule has 150 valence electrons. The quantitative estimate of drug-likeness (QED) is 0.540. The zero-order valence-corrected chi connectivity index (χ0v) is 17.2. The smallest absolute Gasteiger partial charge is 0.224 e. The number of rotatable bonds is 7. The Labute approximate surface area is 174 Å². The molecule has 0 amide bonds. The Hall–Kier alpha value is -2.93. The van der Waals surface area contributed by atoms with Crippen molar-refractivity contribution in [3.8, 4) is 28.5 Å². The maximum Gasteiger partial charge on any atom is 0.224 e. The van der Waals surface area contributed by atoms with Crippen LogP contribution in [0.25, 0.3) is 11.1 Å². The molecule has 0 N–H and O–H groups in total. The maximum atomic E-state index is 6.11. The molecule has 1 aliphatic carbocycles. The summed E-state index contributed by atoms with van der Waals surface area (Å²) in [6.07, 6.45) is 6.08. The Kier molecular flexibility index (Phi) is 5.49. The van der Waals surface area contributed by atoms with Crippen LogP contribution in [0, 0.1) is 12.8 Å². The van der Waals surface area contributed by atoms with Crippen LogP contribution in [-0.2, 0) is 0 Å². The highest BCUT2D eigenvalue weighted by Gasteiger charge is 2.40. The van der Waals surface area contributed by atoms with Crippen molar-refractivity contribution in [2.75, 3.05) is 20.8 Å². The van der Waals surface area contributed by atoms with Gasteiger partial charge in [-0.2, -0.15) is 4.98 Å². The van der Waals surface area contributed by atoms with Crippen molar-refractivity contribution in [1.82, 2.24) is 19.9 Å². The second-order valence-corrected chi connectivity index (χ2v) is 7.27. The number of ether oxygens (including phenoxy) is 3. The molecule has 3 aromatic heterocycles. The van der Waals surface area contributed by atoms with Gasteiger partial charge in [-0.25, -0.2) is 9.97 Å². The van der Waals surface area contributed by atoms with E-state index in [-0.39, 0.29) is 0 Å². The van der Waals surface area contributed by atoms with Gasteiger partial charge in [0.25, 0.3) is 0 Å². The molecule has 2 unspecified atom stereocenters. The lowest BCUT2D eigenvalue weighted by Crippen LogP contribution is -2.06. The van der Waals surface area contributed by atoms with E-state index in [2.05, 4.69) is 19.9 Å². The maximum absolute atomic E-state index is 6.11. The highest BCUT2D eigenvalue weighted by atomic mass is 35.5. The van der Waals surface area contributed by atoms with Gasteiger partial charge >= 0.3 is 0 Å². The van der Waals surface area contributed by atoms with Crippen LogP contribution in [0.1, 0.15) is 23.9 Å². The Morgan fingerprint density at radius 1 is 1.03 bits per heavy atom. The van der Waals surface area contributed by atoms with Crippen LogP contribution in [0.15, 0.2) is 36.8 Å². The van der Waals surface area contributed by atoms with Gasteiger partial charge in [-0.05, 0) is 31.5 Å². The number of aryl methyl sites for hydroxylation is 1. The second kappa shape index (κ2) is 8.21. The predicted molar refractivity (Wildman–Crippen MR) is 109 cm³/mol. The molecule has 1 saturated carbocycles. The SMILES string of the molecule is COc1ccc(C2CC2COc2nc(C)ncc2-c2cc(Cl)ncc2OC)nc1. The van der Waals surface area contributed by atoms with E-state index in [1.807, 2.05) is 19.1 Å². The molecule has 0 aromatic carbocycles. The minimum Gasteiger partial charge on any atom is -0.495 e. The van der Waals surface area contributed by atoms with E-state index >= 15 is 0 Å². The molecule has 0 spiro atoms. The second-order valence-electron chi connectivity index (χ2n) is 6.88. The van der Waals surface area contributed by atoms with Gasteiger partial charge in [0.1, 0.15) is 22.5 Å². The third kappa shape index (κ3) is 4.24. The highest BCUT2D eigenvalue weighted by molar-refractivity contribution is 6.29. The predicted octanol–water partition coefficient (Wildman–Crippen LogP) is 4.10. The largest absolute Gasteiger partial charge is 0.495 e. The van der Waals surface area contributed by atoms with Crippen LogP contribution in [0.4, 0.5) is 0 Å². The van der Waals surface area contributed by atoms with Crippen LogP contribution < -0.4 is 14.2 Å². The van der Waals surface area contributed by atoms with Crippen LogP contribution in [0.5, 0.6) is 17.4 Å². The fourth-order valence-corrected chi connectivity index (χ4v) is 3.40. The average Bonchev–Trinajstić information content (AvgIpc) is 3.52. The van der Waals surface area contributed by atoms with E-state index in [1.54, 1.807) is 38.9 Å². The van der Waals surface area contributed by atoms with Crippen LogP contribution in [0.3, 0.4) is 0 Å². The topological polar surface area (TPSA) is 79.2 Å². The van der Waals surface area contributed by atoms with Crippen molar-refractivity contribution in [3.05, 3.63) is 53.5 Å². The van der Waals surface area contributed by atoms with Gasteiger partial charge in [0.2, 0.25) is 5.88 Å². The summed E-state index contributed by atoms with van der Waals surface area (Å²) in [6, 6.07) is 5.67. The van der Waals surface area contributed by atoms with E-state index in [0.717, 1.165) is 29.0 Å². The Balaban J connectivity index is 1.51. The molecule has 8 heteroatoms. The number of pyridine rings is 2. The van der Waals surface area contributed by atoms with Crippen molar-refractivity contribution >= 4 is 11.6 Å². The fourth-order valence-electron chi connectivity index (χ4n) is 3.25. The molecule has 0 aliphatic heterocycles. The first-order valence-electron chi connectivity index (χ1n) is 9.25. The van der Waals surface area contributed by atoms with E-state index < -0.39 is 0 Å². The first-order valence-corrected chi connectivity index (χ1v) is 9.63. The number of halogens is 1. The summed E-state index contributed by atoms with van der Waals surface area (Å²) in [7, 11) is 3.22. The standard InChI is InChI=1S/C21H21ClN4O3/c1-12-23-9-17(16-7-20(22)25-10-19(16)28-3)21(26-12)29-11-13-6-15(13)18-5-4-14(27-2)8-24-18/h4-5,7-10,13,15H,6,11H2,1-3H3. The molecule has 1 aliphatic rings. The molecule has 4 rings (SSSR count). The number of hydrogen-bond acceptors (Lipinski definition) is 7. The van der Waals surface area contributed by atoms with Crippen LogP contribution in [-0.4, -0.2) is 40.8 Å². The molecule has 3 heterocycles. The molecule has 1 fully saturated rings. The Bertz CT molecular complexity index is 1010. The number of nitrogens with zero attached hydrogens (tertiary/aromatic N) is 4. The Morgan fingerprint density at radius 3 is 2.62 bits per heavy atom. The number of hydrogen-bond donors (Lipinski definition) is 0. The molecular weight excluding hydrogens is 392 g/mol. The minimum absolute atomic E-state index is 0.361. The number of aromatic nitrogens is 4. The van der Waals surface area contributed by atoms with Gasteiger partial charge in [0.15, 0.2) is 0 Å². The van der Waals surface area contributed by atoms with Crippen molar-refractivity contribution in [3.63, 3.8) is 0 Å². The van der Waals surface area contributed by atoms with Gasteiger partial charge in [-0.15, -0.1) is 0 Å². The van der Waals surface area contributed by atoms with Crippen molar-refractivity contribution in [2.45, 2.75) is 19.3 Å². The van der Waals surface area contributed by atoms with E-state index in [4.69, 9.17) is 25.8 Å². The lowest BCUT2D eigenvalue weighted by molar-refractivity contribution is 0.285. The van der Waals surface area contributed by atoms with Gasteiger partial charge in [-0.3, -0.25) is 4.98 Å². The third-order valence-electron chi connectivity index (χ3n) is 4.95. The van der Waals surface area contributed by atoms with Gasteiger partial charge in [0.05, 0.1) is 38.8 Å².